The van der Waals surface area contributed by atoms with Gasteiger partial charge in [-0.2, -0.15) is 0 Å². The first-order valence-electron chi connectivity index (χ1n) is 4.68. The molecule has 1 rings (SSSR count). The number of hydrogen-bond acceptors (Lipinski definition) is 1. The van der Waals surface area contributed by atoms with Crippen molar-refractivity contribution >= 4 is 0 Å². The second-order valence-electron chi connectivity index (χ2n) is 4.68. The van der Waals surface area contributed by atoms with Gasteiger partial charge in [0.25, 0.3) is 0 Å². The second kappa shape index (κ2) is 2.78. The van der Waals surface area contributed by atoms with Crippen molar-refractivity contribution in [3.63, 3.8) is 0 Å². The molecule has 1 N–H and O–H groups in total. The first kappa shape index (κ1) is 9.05. The molecule has 66 valence electrons. The first-order valence-corrected chi connectivity index (χ1v) is 4.68. The van der Waals surface area contributed by atoms with Crippen molar-refractivity contribution in [1.29, 1.82) is 0 Å². The molecule has 0 radical (unpaired) electrons. The Bertz CT molecular complexity index is 126. The van der Waals surface area contributed by atoms with Crippen LogP contribution in [0.15, 0.2) is 0 Å². The molecule has 0 aromatic heterocycles. The summed E-state index contributed by atoms with van der Waals surface area (Å²) in [6.45, 7) is 6.10. The van der Waals surface area contributed by atoms with Gasteiger partial charge in [-0.1, -0.05) is 26.2 Å². The van der Waals surface area contributed by atoms with Gasteiger partial charge in [-0.3, -0.25) is 0 Å². The van der Waals surface area contributed by atoms with E-state index < -0.39 is 5.60 Å². The maximum atomic E-state index is 9.90. The first-order chi connectivity index (χ1) is 4.96. The summed E-state index contributed by atoms with van der Waals surface area (Å²) in [6.07, 6.45) is 6.32. The Hall–Kier alpha value is -0.0400. The molecule has 0 spiro atoms. The van der Waals surface area contributed by atoms with Crippen LogP contribution >= 0.6 is 0 Å². The van der Waals surface area contributed by atoms with Gasteiger partial charge < -0.3 is 5.11 Å². The number of rotatable bonds is 1. The zero-order valence-corrected chi connectivity index (χ0v) is 7.98. The van der Waals surface area contributed by atoms with Gasteiger partial charge in [-0.25, -0.2) is 0 Å². The van der Waals surface area contributed by atoms with Crippen molar-refractivity contribution < 1.29 is 5.11 Å². The van der Waals surface area contributed by atoms with Gasteiger partial charge in [0.2, 0.25) is 0 Å². The molecule has 1 heteroatoms. The molecule has 0 unspecified atom stereocenters. The third kappa shape index (κ3) is 1.76. The summed E-state index contributed by atoms with van der Waals surface area (Å²) in [7, 11) is 0. The fourth-order valence-electron chi connectivity index (χ4n) is 1.94. The maximum Gasteiger partial charge on any atom is 0.0645 e. The minimum Gasteiger partial charge on any atom is -0.390 e. The van der Waals surface area contributed by atoms with Crippen molar-refractivity contribution in [2.45, 2.75) is 58.5 Å². The monoisotopic (exact) mass is 156 g/mol. The molecule has 1 aliphatic carbocycles. The van der Waals surface area contributed by atoms with Gasteiger partial charge in [0.15, 0.2) is 0 Å². The molecule has 0 bridgehead atoms. The highest BCUT2D eigenvalue weighted by molar-refractivity contribution is 4.91. The van der Waals surface area contributed by atoms with E-state index in [2.05, 4.69) is 6.92 Å². The van der Waals surface area contributed by atoms with Crippen LogP contribution in [0.3, 0.4) is 0 Å². The molecule has 0 amide bonds. The summed E-state index contributed by atoms with van der Waals surface area (Å²) >= 11 is 0. The predicted molar refractivity (Wildman–Crippen MR) is 47.5 cm³/mol. The van der Waals surface area contributed by atoms with Crippen LogP contribution < -0.4 is 0 Å². The highest BCUT2D eigenvalue weighted by Crippen LogP contribution is 2.43. The van der Waals surface area contributed by atoms with Gasteiger partial charge in [0, 0.05) is 0 Å². The quantitative estimate of drug-likeness (QED) is 0.619. The van der Waals surface area contributed by atoms with E-state index in [0.29, 0.717) is 0 Å². The van der Waals surface area contributed by atoms with Crippen molar-refractivity contribution in [1.82, 2.24) is 0 Å². The summed E-state index contributed by atoms with van der Waals surface area (Å²) in [4.78, 5) is 0. The zero-order valence-electron chi connectivity index (χ0n) is 7.98. The minimum atomic E-state index is -0.493. The standard InChI is InChI=1S/C10H20O/c1-9(2,11)10(3)7-5-4-6-8-10/h11H,4-8H2,1-3H3. The Kier molecular flexibility index (Phi) is 2.29. The van der Waals surface area contributed by atoms with Crippen LogP contribution in [0.5, 0.6) is 0 Å². The van der Waals surface area contributed by atoms with Crippen molar-refractivity contribution in [2.75, 3.05) is 0 Å². The smallest absolute Gasteiger partial charge is 0.0645 e. The summed E-state index contributed by atoms with van der Waals surface area (Å²) in [5, 5.41) is 9.90. The molecule has 1 aliphatic rings. The summed E-state index contributed by atoms with van der Waals surface area (Å²) < 4.78 is 0. The molecule has 11 heavy (non-hydrogen) atoms. The summed E-state index contributed by atoms with van der Waals surface area (Å²) in [5.74, 6) is 0. The van der Waals surface area contributed by atoms with Crippen LogP contribution in [0.4, 0.5) is 0 Å². The van der Waals surface area contributed by atoms with Crippen molar-refractivity contribution in [2.24, 2.45) is 5.41 Å². The van der Waals surface area contributed by atoms with Gasteiger partial charge in [-0.15, -0.1) is 0 Å². The average molecular weight is 156 g/mol. The molecule has 0 aliphatic heterocycles. The third-order valence-corrected chi connectivity index (χ3v) is 3.43. The topological polar surface area (TPSA) is 20.2 Å². The molecule has 0 saturated heterocycles. The fourth-order valence-corrected chi connectivity index (χ4v) is 1.94. The van der Waals surface area contributed by atoms with E-state index in [1.54, 1.807) is 0 Å². The molecule has 0 atom stereocenters. The second-order valence-corrected chi connectivity index (χ2v) is 4.68. The van der Waals surface area contributed by atoms with E-state index in [1.165, 1.54) is 32.1 Å². The lowest BCUT2D eigenvalue weighted by Gasteiger charge is -2.43. The van der Waals surface area contributed by atoms with Crippen LogP contribution in [0.25, 0.3) is 0 Å². The largest absolute Gasteiger partial charge is 0.390 e. The Morgan fingerprint density at radius 1 is 1.09 bits per heavy atom. The fraction of sp³-hybridized carbons (Fsp3) is 1.00. The molecule has 1 fully saturated rings. The Morgan fingerprint density at radius 3 is 1.82 bits per heavy atom. The van der Waals surface area contributed by atoms with E-state index >= 15 is 0 Å². The minimum absolute atomic E-state index is 0.172. The van der Waals surface area contributed by atoms with Crippen LogP contribution in [0.2, 0.25) is 0 Å². The van der Waals surface area contributed by atoms with E-state index in [4.69, 9.17) is 0 Å². The van der Waals surface area contributed by atoms with E-state index in [9.17, 15) is 5.11 Å². The molecule has 0 heterocycles. The van der Waals surface area contributed by atoms with E-state index in [0.717, 1.165) is 0 Å². The summed E-state index contributed by atoms with van der Waals surface area (Å²) in [5.41, 5.74) is -0.321. The van der Waals surface area contributed by atoms with E-state index in [-0.39, 0.29) is 5.41 Å². The molecular formula is C10H20O. The lowest BCUT2D eigenvalue weighted by molar-refractivity contribution is -0.0653. The number of hydrogen-bond donors (Lipinski definition) is 1. The molecule has 0 aromatic carbocycles. The van der Waals surface area contributed by atoms with Gasteiger partial charge in [0.05, 0.1) is 5.60 Å². The predicted octanol–water partition coefficient (Wildman–Crippen LogP) is 2.73. The molecule has 1 saturated carbocycles. The Balaban J connectivity index is 2.64. The normalized spacial score (nSPS) is 25.1. The van der Waals surface area contributed by atoms with Crippen LogP contribution in [0.1, 0.15) is 52.9 Å². The lowest BCUT2D eigenvalue weighted by Crippen LogP contribution is -2.42. The zero-order chi connectivity index (χ0) is 8.54. The average Bonchev–Trinajstić information content (AvgIpc) is 1.87. The van der Waals surface area contributed by atoms with Gasteiger partial charge in [-0.05, 0) is 32.1 Å². The van der Waals surface area contributed by atoms with Gasteiger partial charge >= 0.3 is 0 Å². The SMILES string of the molecule is CC(C)(O)C1(C)CCCCC1. The Labute approximate surface area is 69.8 Å². The van der Waals surface area contributed by atoms with Crippen molar-refractivity contribution in [3.8, 4) is 0 Å². The van der Waals surface area contributed by atoms with Gasteiger partial charge in [0.1, 0.15) is 0 Å². The summed E-state index contributed by atoms with van der Waals surface area (Å²) in [6, 6.07) is 0. The number of aliphatic hydroxyl groups is 1. The Morgan fingerprint density at radius 2 is 1.55 bits per heavy atom. The van der Waals surface area contributed by atoms with Crippen molar-refractivity contribution in [3.05, 3.63) is 0 Å². The highest BCUT2D eigenvalue weighted by Gasteiger charge is 2.39. The maximum absolute atomic E-state index is 9.90. The lowest BCUT2D eigenvalue weighted by atomic mass is 9.66. The molecular weight excluding hydrogens is 136 g/mol. The molecule has 1 nitrogen and oxygen atoms in total. The molecule has 0 aromatic rings. The van der Waals surface area contributed by atoms with Crippen LogP contribution in [-0.2, 0) is 0 Å². The third-order valence-electron chi connectivity index (χ3n) is 3.43. The van der Waals surface area contributed by atoms with Crippen LogP contribution in [0, 0.1) is 5.41 Å². The van der Waals surface area contributed by atoms with E-state index in [1.807, 2.05) is 13.8 Å². The highest BCUT2D eigenvalue weighted by atomic mass is 16.3. The van der Waals surface area contributed by atoms with Crippen LogP contribution in [-0.4, -0.2) is 10.7 Å².